The molecule has 0 atom stereocenters. The van der Waals surface area contributed by atoms with Crippen molar-refractivity contribution in [1.82, 2.24) is 0 Å². The molecule has 0 amide bonds. The zero-order chi connectivity index (χ0) is 31.8. The smallest absolute Gasteiger partial charge is 0.397 e. The first-order valence-corrected chi connectivity index (χ1v) is 7.70. The van der Waals surface area contributed by atoms with Crippen LogP contribution in [0.3, 0.4) is 0 Å². The minimum atomic E-state index is -7.12. The molecule has 0 heterocycles. The third-order valence-corrected chi connectivity index (χ3v) is 2.71. The van der Waals surface area contributed by atoms with Gasteiger partial charge < -0.3 is 9.47 Å². The number of alkyl halides is 18. The summed E-state index contributed by atoms with van der Waals surface area (Å²) in [6.07, 6.45) is -56.0. The van der Waals surface area contributed by atoms with Crippen LogP contribution in [-0.4, -0.2) is 49.4 Å². The molecule has 39 heavy (non-hydrogen) atoms. The van der Waals surface area contributed by atoms with Crippen molar-refractivity contribution in [2.75, 3.05) is 0 Å². The molecule has 0 spiro atoms. The molecule has 232 valence electrons. The molecule has 0 aromatic rings. The molecule has 0 radical (unpaired) electrons. The summed E-state index contributed by atoms with van der Waals surface area (Å²) in [5, 5.41) is 0. The molecule has 27 heteroatoms. The fraction of sp³-hybridized carbons (Fsp3) is 0.667. The van der Waals surface area contributed by atoms with Gasteiger partial charge >= 0.3 is 61.4 Å². The van der Waals surface area contributed by atoms with Gasteiger partial charge in [0.2, 0.25) is 0 Å². The Kier molecular flexibility index (Phi) is 10.1. The summed E-state index contributed by atoms with van der Waals surface area (Å²) < 4.78 is 285. The quantitative estimate of drug-likeness (QED) is 0.160. The van der Waals surface area contributed by atoms with Crippen LogP contribution in [0, 0.1) is 0 Å². The normalized spacial score (nSPS) is 16.6. The van der Waals surface area contributed by atoms with E-state index in [4.69, 9.17) is 0 Å². The molecule has 0 aliphatic rings. The van der Waals surface area contributed by atoms with Gasteiger partial charge in [-0.25, -0.2) is 14.2 Å². The van der Waals surface area contributed by atoms with Crippen molar-refractivity contribution in [3.63, 3.8) is 0 Å². The largest absolute Gasteiger partial charge is 0.527 e. The molecule has 5 nitrogen and oxygen atoms in total. The van der Waals surface area contributed by atoms with E-state index in [1.54, 1.807) is 14.2 Å². The van der Waals surface area contributed by atoms with Gasteiger partial charge in [-0.1, -0.05) is 0 Å². The maximum absolute atomic E-state index is 13.2. The molecule has 0 aromatic carbocycles. The lowest BCUT2D eigenvalue weighted by molar-refractivity contribution is -0.501. The highest BCUT2D eigenvalue weighted by molar-refractivity contribution is 5.06. The molecule has 0 N–H and O–H groups in total. The zero-order valence-electron chi connectivity index (χ0n) is 16.4. The Bertz CT molecular complexity index is 855. The Labute approximate surface area is 195 Å². The second-order valence-electron chi connectivity index (χ2n) is 5.68. The van der Waals surface area contributed by atoms with Crippen LogP contribution in [-0.2, 0) is 23.7 Å². The van der Waals surface area contributed by atoms with Crippen LogP contribution in [0.1, 0.15) is 0 Å². The van der Waals surface area contributed by atoms with E-state index in [2.05, 4.69) is 0 Å². The number of hydrogen-bond acceptors (Lipinski definition) is 5. The van der Waals surface area contributed by atoms with Gasteiger partial charge in [-0.15, -0.1) is 26.3 Å². The van der Waals surface area contributed by atoms with Crippen LogP contribution in [0.4, 0.5) is 96.6 Å². The van der Waals surface area contributed by atoms with Crippen LogP contribution in [0.5, 0.6) is 0 Å². The molecule has 0 rings (SSSR count). The highest BCUT2D eigenvalue weighted by atomic mass is 19.4. The van der Waals surface area contributed by atoms with Crippen molar-refractivity contribution in [3.05, 3.63) is 23.7 Å². The van der Waals surface area contributed by atoms with E-state index in [0.29, 0.717) is 0 Å². The first kappa shape index (κ1) is 36.4. The Morgan fingerprint density at radius 2 is 0.564 bits per heavy atom. The van der Waals surface area contributed by atoms with Gasteiger partial charge in [0.05, 0.1) is 0 Å². The van der Waals surface area contributed by atoms with Crippen LogP contribution < -0.4 is 0 Å². The van der Waals surface area contributed by atoms with Gasteiger partial charge in [-0.2, -0.15) is 70.2 Å². The Balaban J connectivity index is 6.06. The highest BCUT2D eigenvalue weighted by Crippen LogP contribution is 2.47. The topological polar surface area (TPSA) is 46.2 Å². The molecular formula is C12F22O5. The Morgan fingerprint density at radius 3 is 0.769 bits per heavy atom. The minimum absolute atomic E-state index is 1.43. The lowest BCUT2D eigenvalue weighted by Gasteiger charge is -2.27. The summed E-state index contributed by atoms with van der Waals surface area (Å²) in [7, 11) is 0. The lowest BCUT2D eigenvalue weighted by Crippen LogP contribution is -2.48. The maximum atomic E-state index is 13.2. The second kappa shape index (κ2) is 10.8. The van der Waals surface area contributed by atoms with Gasteiger partial charge in [-0.3, -0.25) is 0 Å². The second-order valence-corrected chi connectivity index (χ2v) is 5.68. The summed E-state index contributed by atoms with van der Waals surface area (Å²) >= 11 is 0. The average molecular weight is 642 g/mol. The summed E-state index contributed by atoms with van der Waals surface area (Å²) in [4.78, 5) is 0. The van der Waals surface area contributed by atoms with Gasteiger partial charge in [-0.05, 0) is 0 Å². The predicted molar refractivity (Wildman–Crippen MR) is 65.7 cm³/mol. The van der Waals surface area contributed by atoms with Crippen molar-refractivity contribution >= 4 is 0 Å². The third kappa shape index (κ3) is 9.84. The molecule has 0 aliphatic carbocycles. The van der Waals surface area contributed by atoms with E-state index >= 15 is 0 Å². The van der Waals surface area contributed by atoms with Crippen molar-refractivity contribution in [2.45, 2.75) is 49.4 Å². The highest BCUT2D eigenvalue weighted by Gasteiger charge is 2.68. The average Bonchev–Trinajstić information content (AvgIpc) is 2.60. The van der Waals surface area contributed by atoms with E-state index in [1.807, 2.05) is 0 Å². The molecule has 0 bridgehead atoms. The van der Waals surface area contributed by atoms with E-state index in [1.165, 1.54) is 9.47 Å². The molecule has 0 unspecified atom stereocenters. The van der Waals surface area contributed by atoms with Crippen molar-refractivity contribution in [3.8, 4) is 0 Å². The molecule has 0 saturated carbocycles. The number of rotatable bonds is 12. The first-order chi connectivity index (χ1) is 16.7. The van der Waals surface area contributed by atoms with Crippen LogP contribution in [0.15, 0.2) is 23.7 Å². The fourth-order valence-corrected chi connectivity index (χ4v) is 1.32. The van der Waals surface area contributed by atoms with E-state index in [-0.39, 0.29) is 0 Å². The number of hydrogen-bond donors (Lipinski definition) is 0. The SMILES string of the molecule is FC(OC(F)(F)C(F)(F)OC(F)(F)F)=C(F)C(F)(F)OC(F)(F)C(F)=C(F)OC(F)(F)C(F)(F)OC(F)(F)F. The zero-order valence-corrected chi connectivity index (χ0v) is 16.4. The summed E-state index contributed by atoms with van der Waals surface area (Å²) in [6.45, 7) is 0. The van der Waals surface area contributed by atoms with E-state index in [0.717, 1.165) is 0 Å². The monoisotopic (exact) mass is 642 g/mol. The minimum Gasteiger partial charge on any atom is -0.397 e. The van der Waals surface area contributed by atoms with E-state index < -0.39 is 73.1 Å². The number of halogens is 22. The van der Waals surface area contributed by atoms with Crippen LogP contribution >= 0.6 is 0 Å². The van der Waals surface area contributed by atoms with Crippen molar-refractivity contribution in [1.29, 1.82) is 0 Å². The third-order valence-electron chi connectivity index (χ3n) is 2.71. The van der Waals surface area contributed by atoms with E-state index in [9.17, 15) is 96.6 Å². The first-order valence-electron chi connectivity index (χ1n) is 7.70. The summed E-state index contributed by atoms with van der Waals surface area (Å²) in [5.74, 6) is -9.46. The van der Waals surface area contributed by atoms with Crippen molar-refractivity contribution < 1.29 is 120 Å². The lowest BCUT2D eigenvalue weighted by atomic mass is 10.4. The molecule has 0 aliphatic heterocycles. The Morgan fingerprint density at radius 1 is 0.333 bits per heavy atom. The molecule has 0 saturated heterocycles. The standard InChI is InChI=1S/C12F22O5/c13-1(3(15)35-7(21,22)9(25,26)38-11(29,30)31)5(17,18)37-6(19,20)2(14)4(16)36-8(23,24)10(27,28)39-12(32,33)34. The molecular weight excluding hydrogens is 642 g/mol. The van der Waals surface area contributed by atoms with Crippen LogP contribution in [0.25, 0.3) is 0 Å². The predicted octanol–water partition coefficient (Wildman–Crippen LogP) is 7.88. The van der Waals surface area contributed by atoms with Gasteiger partial charge in [0.1, 0.15) is 0 Å². The molecule has 0 fully saturated rings. The van der Waals surface area contributed by atoms with Gasteiger partial charge in [0.25, 0.3) is 11.7 Å². The van der Waals surface area contributed by atoms with Gasteiger partial charge in [0, 0.05) is 0 Å². The fourth-order valence-electron chi connectivity index (χ4n) is 1.32. The summed E-state index contributed by atoms with van der Waals surface area (Å²) in [6, 6.07) is -9.11. The molecule has 0 aromatic heterocycles. The van der Waals surface area contributed by atoms with Crippen molar-refractivity contribution in [2.24, 2.45) is 0 Å². The maximum Gasteiger partial charge on any atom is 0.527 e. The summed E-state index contributed by atoms with van der Waals surface area (Å²) in [5.41, 5.74) is 0. The van der Waals surface area contributed by atoms with Crippen LogP contribution in [0.2, 0.25) is 0 Å². The Hall–Kier alpha value is -2.58. The number of ether oxygens (including phenoxy) is 5. The van der Waals surface area contributed by atoms with Gasteiger partial charge in [0.15, 0.2) is 0 Å².